The standard InChI is InChI=1S/C16H13FN4O3/c1-24-15(23)8-5-6-10(12(22)7-8)19-16-20-11-4-2-3-9(17)13(11)14(18)21-16/h2-7,22H,1H3,(H3,18,19,20,21). The van der Waals surface area contributed by atoms with Gasteiger partial charge in [-0.2, -0.15) is 4.98 Å². The number of rotatable bonds is 3. The summed E-state index contributed by atoms with van der Waals surface area (Å²) in [6.45, 7) is 0. The van der Waals surface area contributed by atoms with E-state index in [9.17, 15) is 14.3 Å². The third-order valence-corrected chi connectivity index (χ3v) is 3.37. The van der Waals surface area contributed by atoms with Gasteiger partial charge >= 0.3 is 5.97 Å². The maximum absolute atomic E-state index is 13.8. The van der Waals surface area contributed by atoms with Crippen LogP contribution in [0.15, 0.2) is 36.4 Å². The maximum Gasteiger partial charge on any atom is 0.337 e. The van der Waals surface area contributed by atoms with E-state index in [1.807, 2.05) is 0 Å². The second kappa shape index (κ2) is 5.99. The number of phenolic OH excluding ortho intramolecular Hbond substituents is 1. The van der Waals surface area contributed by atoms with E-state index in [0.717, 1.165) is 0 Å². The first kappa shape index (κ1) is 15.5. The number of benzene rings is 2. The number of anilines is 3. The fourth-order valence-corrected chi connectivity index (χ4v) is 2.23. The summed E-state index contributed by atoms with van der Waals surface area (Å²) < 4.78 is 18.3. The molecule has 0 saturated heterocycles. The molecule has 7 nitrogen and oxygen atoms in total. The summed E-state index contributed by atoms with van der Waals surface area (Å²) in [6, 6.07) is 8.57. The van der Waals surface area contributed by atoms with Crippen LogP contribution in [0.5, 0.6) is 5.75 Å². The van der Waals surface area contributed by atoms with E-state index < -0.39 is 11.8 Å². The Hall–Kier alpha value is -3.42. The van der Waals surface area contributed by atoms with Crippen molar-refractivity contribution in [1.82, 2.24) is 9.97 Å². The van der Waals surface area contributed by atoms with Crippen molar-refractivity contribution in [3.8, 4) is 5.75 Å². The largest absolute Gasteiger partial charge is 0.506 e. The summed E-state index contributed by atoms with van der Waals surface area (Å²) in [5.41, 5.74) is 6.56. The Balaban J connectivity index is 1.97. The zero-order chi connectivity index (χ0) is 17.3. The van der Waals surface area contributed by atoms with Crippen molar-refractivity contribution in [2.45, 2.75) is 0 Å². The van der Waals surface area contributed by atoms with Gasteiger partial charge in [-0.3, -0.25) is 0 Å². The molecule has 0 bridgehead atoms. The van der Waals surface area contributed by atoms with Gasteiger partial charge in [-0.25, -0.2) is 14.2 Å². The second-order valence-corrected chi connectivity index (χ2v) is 4.91. The predicted octanol–water partition coefficient (Wildman–Crippen LogP) is 2.59. The molecule has 0 atom stereocenters. The molecule has 4 N–H and O–H groups in total. The van der Waals surface area contributed by atoms with E-state index in [1.165, 1.54) is 37.4 Å². The number of aromatic hydroxyl groups is 1. The van der Waals surface area contributed by atoms with Crippen LogP contribution >= 0.6 is 0 Å². The van der Waals surface area contributed by atoms with Gasteiger partial charge in [0.25, 0.3) is 0 Å². The third-order valence-electron chi connectivity index (χ3n) is 3.37. The average Bonchev–Trinajstić information content (AvgIpc) is 2.55. The van der Waals surface area contributed by atoms with Crippen LogP contribution in [0.4, 0.5) is 21.8 Å². The summed E-state index contributed by atoms with van der Waals surface area (Å²) in [5.74, 6) is -1.21. The van der Waals surface area contributed by atoms with Gasteiger partial charge in [0.05, 0.1) is 29.3 Å². The van der Waals surface area contributed by atoms with Gasteiger partial charge in [0.1, 0.15) is 17.4 Å². The van der Waals surface area contributed by atoms with Crippen molar-refractivity contribution in [3.05, 3.63) is 47.8 Å². The molecular formula is C16H13FN4O3. The topological polar surface area (TPSA) is 110 Å². The van der Waals surface area contributed by atoms with Gasteiger partial charge in [0.15, 0.2) is 0 Å². The van der Waals surface area contributed by atoms with Gasteiger partial charge in [-0.05, 0) is 30.3 Å². The van der Waals surface area contributed by atoms with Crippen LogP contribution in [0.1, 0.15) is 10.4 Å². The molecular weight excluding hydrogens is 315 g/mol. The van der Waals surface area contributed by atoms with Gasteiger partial charge in [-0.15, -0.1) is 0 Å². The molecule has 0 saturated carbocycles. The number of fused-ring (bicyclic) bond motifs is 1. The Bertz CT molecular complexity index is 946. The number of ether oxygens (including phenoxy) is 1. The summed E-state index contributed by atoms with van der Waals surface area (Å²) in [5, 5.41) is 12.9. The predicted molar refractivity (Wildman–Crippen MR) is 86.6 cm³/mol. The van der Waals surface area contributed by atoms with Crippen LogP contribution in [0.3, 0.4) is 0 Å². The minimum absolute atomic E-state index is 0.0220. The Kier molecular flexibility index (Phi) is 3.87. The Morgan fingerprint density at radius 1 is 1.29 bits per heavy atom. The van der Waals surface area contributed by atoms with Crippen LogP contribution < -0.4 is 11.1 Å². The molecule has 0 fully saturated rings. The number of nitrogens with one attached hydrogen (secondary N) is 1. The van der Waals surface area contributed by atoms with E-state index in [0.29, 0.717) is 5.52 Å². The number of nitrogens with zero attached hydrogens (tertiary/aromatic N) is 2. The molecule has 3 rings (SSSR count). The van der Waals surface area contributed by atoms with E-state index in [4.69, 9.17) is 5.73 Å². The number of aromatic nitrogens is 2. The first-order valence-electron chi connectivity index (χ1n) is 6.89. The van der Waals surface area contributed by atoms with Crippen molar-refractivity contribution in [2.24, 2.45) is 0 Å². The quantitative estimate of drug-likeness (QED) is 0.500. The lowest BCUT2D eigenvalue weighted by Crippen LogP contribution is -2.04. The summed E-state index contributed by atoms with van der Waals surface area (Å²) in [7, 11) is 1.25. The highest BCUT2D eigenvalue weighted by molar-refractivity contribution is 5.91. The number of nitrogens with two attached hydrogens (primary N) is 1. The molecule has 1 heterocycles. The highest BCUT2D eigenvalue weighted by atomic mass is 19.1. The first-order valence-corrected chi connectivity index (χ1v) is 6.89. The monoisotopic (exact) mass is 328 g/mol. The average molecular weight is 328 g/mol. The lowest BCUT2D eigenvalue weighted by atomic mass is 10.2. The van der Waals surface area contributed by atoms with Crippen LogP contribution in [0.2, 0.25) is 0 Å². The molecule has 8 heteroatoms. The Morgan fingerprint density at radius 3 is 2.79 bits per heavy atom. The molecule has 3 aromatic rings. The molecule has 122 valence electrons. The molecule has 24 heavy (non-hydrogen) atoms. The normalized spacial score (nSPS) is 10.6. The lowest BCUT2D eigenvalue weighted by Gasteiger charge is -2.10. The lowest BCUT2D eigenvalue weighted by molar-refractivity contribution is 0.0600. The van der Waals surface area contributed by atoms with Crippen LogP contribution in [-0.4, -0.2) is 28.2 Å². The summed E-state index contributed by atoms with van der Waals surface area (Å²) >= 11 is 0. The molecule has 0 aliphatic heterocycles. The van der Waals surface area contributed by atoms with Gasteiger partial charge in [0, 0.05) is 0 Å². The van der Waals surface area contributed by atoms with Gasteiger partial charge in [-0.1, -0.05) is 6.07 Å². The minimum atomic E-state index is -0.571. The molecule has 0 aliphatic carbocycles. The minimum Gasteiger partial charge on any atom is -0.506 e. The molecule has 0 unspecified atom stereocenters. The molecule has 0 radical (unpaired) electrons. The Morgan fingerprint density at radius 2 is 2.08 bits per heavy atom. The van der Waals surface area contributed by atoms with E-state index >= 15 is 0 Å². The smallest absolute Gasteiger partial charge is 0.337 e. The molecule has 2 aromatic carbocycles. The van der Waals surface area contributed by atoms with Gasteiger partial charge in [0.2, 0.25) is 5.95 Å². The number of hydrogen-bond acceptors (Lipinski definition) is 7. The van der Waals surface area contributed by atoms with Crippen molar-refractivity contribution in [2.75, 3.05) is 18.2 Å². The van der Waals surface area contributed by atoms with E-state index in [1.54, 1.807) is 6.07 Å². The summed E-state index contributed by atoms with van der Waals surface area (Å²) in [6.07, 6.45) is 0. The second-order valence-electron chi connectivity index (χ2n) is 4.91. The zero-order valence-electron chi connectivity index (χ0n) is 12.6. The molecule has 0 aliphatic rings. The number of nitrogen functional groups attached to an aromatic ring is 1. The van der Waals surface area contributed by atoms with E-state index in [-0.39, 0.29) is 34.2 Å². The first-order chi connectivity index (χ1) is 11.5. The summed E-state index contributed by atoms with van der Waals surface area (Å²) in [4.78, 5) is 19.6. The van der Waals surface area contributed by atoms with E-state index in [2.05, 4.69) is 20.0 Å². The van der Waals surface area contributed by atoms with Crippen LogP contribution in [-0.2, 0) is 4.74 Å². The number of carbonyl (C=O) groups is 1. The Labute approximate surface area is 135 Å². The number of phenols is 1. The molecule has 0 amide bonds. The fourth-order valence-electron chi connectivity index (χ4n) is 2.23. The van der Waals surface area contributed by atoms with Crippen molar-refractivity contribution >= 4 is 34.3 Å². The van der Waals surface area contributed by atoms with Gasteiger partial charge < -0.3 is 20.9 Å². The highest BCUT2D eigenvalue weighted by Crippen LogP contribution is 2.29. The maximum atomic E-state index is 13.8. The number of methoxy groups -OCH3 is 1. The SMILES string of the molecule is COC(=O)c1ccc(Nc2nc(N)c3c(F)cccc3n2)c(O)c1. The third kappa shape index (κ3) is 2.76. The highest BCUT2D eigenvalue weighted by Gasteiger charge is 2.13. The van der Waals surface area contributed by atoms with Crippen molar-refractivity contribution in [1.29, 1.82) is 0 Å². The number of halogens is 1. The molecule has 1 aromatic heterocycles. The number of esters is 1. The fraction of sp³-hybridized carbons (Fsp3) is 0.0625. The molecule has 0 spiro atoms. The zero-order valence-corrected chi connectivity index (χ0v) is 12.6. The number of hydrogen-bond donors (Lipinski definition) is 3. The van der Waals surface area contributed by atoms with Crippen molar-refractivity contribution in [3.63, 3.8) is 0 Å². The van der Waals surface area contributed by atoms with Crippen molar-refractivity contribution < 1.29 is 19.0 Å². The van der Waals surface area contributed by atoms with Crippen LogP contribution in [0, 0.1) is 5.82 Å². The number of carbonyl (C=O) groups excluding carboxylic acids is 1. The van der Waals surface area contributed by atoms with Crippen LogP contribution in [0.25, 0.3) is 10.9 Å².